The van der Waals surface area contributed by atoms with Gasteiger partial charge in [-0.1, -0.05) is 66.7 Å². The summed E-state index contributed by atoms with van der Waals surface area (Å²) in [7, 11) is 0. The van der Waals surface area contributed by atoms with E-state index < -0.39 is 47.1 Å². The number of hydrogen-bond donors (Lipinski definition) is 1. The number of carbonyl (C=O) groups excluding carboxylic acids is 6. The fraction of sp³-hybridized carbons (Fsp3) is 0.396. The van der Waals surface area contributed by atoms with Gasteiger partial charge in [0.05, 0.1) is 35.2 Å². The van der Waals surface area contributed by atoms with Crippen molar-refractivity contribution in [3.63, 3.8) is 0 Å². The minimum atomic E-state index is -0.794. The first-order valence-corrected chi connectivity index (χ1v) is 23.4. The van der Waals surface area contributed by atoms with Crippen molar-refractivity contribution in [3.05, 3.63) is 124 Å². The zero-order valence-corrected chi connectivity index (χ0v) is 40.0. The molecule has 0 saturated carbocycles. The molecule has 0 aliphatic carbocycles. The van der Waals surface area contributed by atoms with Crippen molar-refractivity contribution < 1.29 is 42.7 Å². The van der Waals surface area contributed by atoms with E-state index in [1.54, 1.807) is 63.5 Å². The number of amides is 3. The number of nitrogens with zero attached hydrogens (tertiary/aromatic N) is 2. The van der Waals surface area contributed by atoms with Crippen LogP contribution in [0.1, 0.15) is 109 Å². The van der Waals surface area contributed by atoms with E-state index in [1.807, 2.05) is 91.0 Å². The normalized spacial score (nSPS) is 17.3. The van der Waals surface area contributed by atoms with E-state index in [0.717, 1.165) is 16.5 Å². The number of likely N-dealkylation sites (tertiary alicyclic amines) is 2. The minimum Gasteiger partial charge on any atom is -0.460 e. The Balaban J connectivity index is 1.01. The molecule has 2 fully saturated rings. The zero-order chi connectivity index (χ0) is 47.3. The maximum atomic E-state index is 14.2. The van der Waals surface area contributed by atoms with Crippen molar-refractivity contribution in [1.29, 1.82) is 0 Å². The lowest BCUT2D eigenvalue weighted by Gasteiger charge is -2.29. The van der Waals surface area contributed by atoms with E-state index in [9.17, 15) is 28.8 Å². The Labute approximate surface area is 394 Å². The predicted octanol–water partition coefficient (Wildman–Crippen LogP) is 9.93. The molecule has 7 rings (SSSR count). The number of nitrogens with one attached hydrogen (secondary N) is 1. The molecule has 1 N–H and O–H groups in total. The quantitative estimate of drug-likeness (QED) is 0.107. The number of carbonyl (C=O) groups is 6. The topological polar surface area (TPSA) is 153 Å². The summed E-state index contributed by atoms with van der Waals surface area (Å²) in [6.45, 7) is 11.5. The van der Waals surface area contributed by atoms with Crippen LogP contribution in [0.4, 0.5) is 5.69 Å². The number of furan rings is 1. The van der Waals surface area contributed by atoms with Gasteiger partial charge in [0.1, 0.15) is 28.6 Å². The van der Waals surface area contributed by atoms with Gasteiger partial charge in [-0.3, -0.25) is 28.8 Å². The van der Waals surface area contributed by atoms with Crippen molar-refractivity contribution >= 4 is 68.0 Å². The van der Waals surface area contributed by atoms with E-state index in [4.69, 9.17) is 13.9 Å². The second-order valence-electron chi connectivity index (χ2n) is 19.2. The Morgan fingerprint density at radius 1 is 0.682 bits per heavy atom. The molecular weight excluding hydrogens is 902 g/mol. The number of Topliss-reactive ketones (excluding diaryl/α,β-unsaturated/α-hetero) is 1. The summed E-state index contributed by atoms with van der Waals surface area (Å²) < 4.78 is 18.2. The van der Waals surface area contributed by atoms with Crippen LogP contribution in [-0.2, 0) is 44.7 Å². The molecule has 4 atom stereocenters. The number of ether oxygens (including phenoxy) is 2. The summed E-state index contributed by atoms with van der Waals surface area (Å²) in [6.07, 6.45) is 2.20. The summed E-state index contributed by atoms with van der Waals surface area (Å²) in [4.78, 5) is 85.1. The van der Waals surface area contributed by atoms with E-state index in [0.29, 0.717) is 71.4 Å². The van der Waals surface area contributed by atoms with Crippen LogP contribution in [-0.4, -0.2) is 81.6 Å². The highest BCUT2D eigenvalue weighted by molar-refractivity contribution is 9.10. The maximum Gasteiger partial charge on any atom is 0.307 e. The molecule has 346 valence electrons. The van der Waals surface area contributed by atoms with Gasteiger partial charge in [0.15, 0.2) is 5.78 Å². The largest absolute Gasteiger partial charge is 0.460 e. The monoisotopic (exact) mass is 959 g/mol. The predicted molar refractivity (Wildman–Crippen MR) is 255 cm³/mol. The van der Waals surface area contributed by atoms with Gasteiger partial charge in [0.25, 0.3) is 0 Å². The van der Waals surface area contributed by atoms with Crippen LogP contribution in [0.25, 0.3) is 22.3 Å². The minimum absolute atomic E-state index is 0.0799. The summed E-state index contributed by atoms with van der Waals surface area (Å²) in [5, 5.41) is 3.76. The number of benzene rings is 4. The van der Waals surface area contributed by atoms with E-state index >= 15 is 0 Å². The fourth-order valence-electron chi connectivity index (χ4n) is 8.89. The molecule has 12 nitrogen and oxygen atoms in total. The Kier molecular flexibility index (Phi) is 14.7. The van der Waals surface area contributed by atoms with Gasteiger partial charge in [0.2, 0.25) is 17.7 Å². The first-order valence-electron chi connectivity index (χ1n) is 22.6. The molecular formula is C53H58BrN3O9. The third kappa shape index (κ3) is 11.6. The Bertz CT molecular complexity index is 2580. The van der Waals surface area contributed by atoms with Crippen molar-refractivity contribution in [1.82, 2.24) is 9.80 Å². The number of esters is 2. The third-order valence-electron chi connectivity index (χ3n) is 11.8. The number of halogens is 1. The number of fused-ring (bicyclic) bond motifs is 1. The van der Waals surface area contributed by atoms with E-state index in [2.05, 4.69) is 21.2 Å². The lowest BCUT2D eigenvalue weighted by Crippen LogP contribution is -2.45. The zero-order valence-electron chi connectivity index (χ0n) is 38.4. The number of hydrogen-bond acceptors (Lipinski definition) is 9. The molecule has 0 spiro atoms. The van der Waals surface area contributed by atoms with Crippen molar-refractivity contribution in [2.45, 2.75) is 122 Å². The molecule has 13 heteroatoms. The molecule has 0 bridgehead atoms. The average Bonchev–Trinajstić information content (AvgIpc) is 4.04. The molecule has 3 amide bonds. The highest BCUT2D eigenvalue weighted by Crippen LogP contribution is 2.39. The van der Waals surface area contributed by atoms with Gasteiger partial charge >= 0.3 is 11.9 Å². The first kappa shape index (κ1) is 47.9. The molecule has 2 aliphatic heterocycles. The van der Waals surface area contributed by atoms with Crippen molar-refractivity contribution in [2.24, 2.45) is 0 Å². The lowest BCUT2D eigenvalue weighted by molar-refractivity contribution is -0.158. The third-order valence-corrected chi connectivity index (χ3v) is 12.6. The number of ketones is 1. The highest BCUT2D eigenvalue weighted by atomic mass is 79.9. The van der Waals surface area contributed by atoms with Gasteiger partial charge in [-0.25, -0.2) is 0 Å². The molecule has 66 heavy (non-hydrogen) atoms. The second kappa shape index (κ2) is 20.2. The number of anilines is 1. The Morgan fingerprint density at radius 3 is 1.70 bits per heavy atom. The summed E-state index contributed by atoms with van der Waals surface area (Å²) in [5.41, 5.74) is 2.66. The van der Waals surface area contributed by atoms with Crippen LogP contribution < -0.4 is 5.32 Å². The van der Waals surface area contributed by atoms with Gasteiger partial charge in [-0.15, -0.1) is 0 Å². The molecule has 2 saturated heterocycles. The van der Waals surface area contributed by atoms with Crippen molar-refractivity contribution in [3.8, 4) is 11.3 Å². The van der Waals surface area contributed by atoms with Gasteiger partial charge in [-0.2, -0.15) is 0 Å². The Morgan fingerprint density at radius 2 is 1.18 bits per heavy atom. The van der Waals surface area contributed by atoms with Crippen LogP contribution in [0.2, 0.25) is 0 Å². The molecule has 5 aromatic rings. The van der Waals surface area contributed by atoms with Crippen LogP contribution in [0.5, 0.6) is 0 Å². The molecule has 1 aromatic heterocycles. The van der Waals surface area contributed by atoms with Gasteiger partial charge in [-0.05, 0) is 136 Å². The molecule has 0 radical (unpaired) electrons. The summed E-state index contributed by atoms with van der Waals surface area (Å²) in [6, 6.07) is 29.8. The molecule has 0 unspecified atom stereocenters. The lowest BCUT2D eigenvalue weighted by atomic mass is 9.93. The summed E-state index contributed by atoms with van der Waals surface area (Å²) in [5.74, 6) is -2.89. The average molecular weight is 961 g/mol. The molecule has 3 heterocycles. The molecule has 4 aromatic carbocycles. The van der Waals surface area contributed by atoms with Crippen LogP contribution in [0.15, 0.2) is 112 Å². The second-order valence-corrected chi connectivity index (χ2v) is 20.0. The SMILES string of the molecule is CC(C)(C)OC(=O)C[C@@H](C(=O)N1CCC[C@H]1C(=O)Cc1ccc2oc(-c3ccc(NC(=O)[C@@H]4CCCN4C(=O)[C@H](CC(=O)OC(C)(C)C)c4ccccc4)cc3)c(Br)c2c1)c1ccccc1. The van der Waals surface area contributed by atoms with Crippen LogP contribution in [0, 0.1) is 0 Å². The van der Waals surface area contributed by atoms with Crippen LogP contribution >= 0.6 is 15.9 Å². The van der Waals surface area contributed by atoms with E-state index in [-0.39, 0.29) is 42.8 Å². The standard InChI is InChI=1S/C53H58BrN3O9/c1-52(2,3)65-45(59)31-38(34-15-9-7-10-16-34)50(62)56-27-13-19-41(56)43(58)30-33-21-26-44-40(29-33)47(54)48(64-44)36-22-24-37(25-23-36)55-49(61)42-20-14-28-57(42)51(63)39(35-17-11-8-12-18-35)32-46(60)66-53(4,5)6/h7-12,15-18,21-26,29,38-39,41-42H,13-14,19-20,27-28,30-32H2,1-6H3,(H,55,61)/t38-,39-,41+,42+/m1/s1. The Hall–Kier alpha value is -6.08. The fourth-order valence-corrected chi connectivity index (χ4v) is 9.51. The smallest absolute Gasteiger partial charge is 0.307 e. The maximum absolute atomic E-state index is 14.2. The van der Waals surface area contributed by atoms with Crippen molar-refractivity contribution in [2.75, 3.05) is 18.4 Å². The van der Waals surface area contributed by atoms with Gasteiger partial charge in [0, 0.05) is 36.1 Å². The summed E-state index contributed by atoms with van der Waals surface area (Å²) >= 11 is 3.74. The van der Waals surface area contributed by atoms with E-state index in [1.165, 1.54) is 0 Å². The number of rotatable bonds is 14. The molecule has 2 aliphatic rings. The highest BCUT2D eigenvalue weighted by Gasteiger charge is 2.40. The van der Waals surface area contributed by atoms with Gasteiger partial charge < -0.3 is 29.0 Å². The first-order chi connectivity index (χ1) is 31.3. The van der Waals surface area contributed by atoms with Crippen LogP contribution in [0.3, 0.4) is 0 Å².